The molecule has 0 saturated heterocycles. The van der Waals surface area contributed by atoms with Gasteiger partial charge in [-0.05, 0) is 23.3 Å². The van der Waals surface area contributed by atoms with Crippen LogP contribution in [0.15, 0.2) is 60.8 Å². The minimum atomic E-state index is -0.454. The molecule has 6 heteroatoms. The Kier molecular flexibility index (Phi) is 5.59. The lowest BCUT2D eigenvalue weighted by molar-refractivity contribution is 0.141. The van der Waals surface area contributed by atoms with E-state index in [1.165, 1.54) is 6.20 Å². The molecule has 3 aromatic rings. The SMILES string of the molecule is O=C(NCC=Cc1ccc2ncc(Cl)nc2c1)OCc1ccccc1. The van der Waals surface area contributed by atoms with Crippen molar-refractivity contribution in [1.82, 2.24) is 15.3 Å². The van der Waals surface area contributed by atoms with E-state index >= 15 is 0 Å². The molecule has 0 spiro atoms. The Morgan fingerprint density at radius 1 is 1.16 bits per heavy atom. The van der Waals surface area contributed by atoms with Crippen molar-refractivity contribution < 1.29 is 9.53 Å². The molecule has 0 atom stereocenters. The van der Waals surface area contributed by atoms with E-state index in [4.69, 9.17) is 16.3 Å². The molecular formula is C19H16ClN3O2. The van der Waals surface area contributed by atoms with Crippen molar-refractivity contribution >= 4 is 34.8 Å². The Hall–Kier alpha value is -2.92. The number of carbonyl (C=O) groups excluding carboxylic acids is 1. The number of benzene rings is 2. The quantitative estimate of drug-likeness (QED) is 0.745. The fraction of sp³-hybridized carbons (Fsp3) is 0.105. The lowest BCUT2D eigenvalue weighted by atomic mass is 10.2. The molecule has 1 amide bonds. The molecular weight excluding hydrogens is 338 g/mol. The monoisotopic (exact) mass is 353 g/mol. The summed E-state index contributed by atoms with van der Waals surface area (Å²) < 4.78 is 5.13. The average Bonchev–Trinajstić information content (AvgIpc) is 2.64. The lowest BCUT2D eigenvalue weighted by Gasteiger charge is -2.05. The Morgan fingerprint density at radius 2 is 2.00 bits per heavy atom. The minimum absolute atomic E-state index is 0.250. The summed E-state index contributed by atoms with van der Waals surface area (Å²) in [5, 5.41) is 3.03. The van der Waals surface area contributed by atoms with Gasteiger partial charge in [-0.25, -0.2) is 9.78 Å². The molecule has 25 heavy (non-hydrogen) atoms. The highest BCUT2D eigenvalue weighted by atomic mass is 35.5. The molecule has 0 saturated carbocycles. The Bertz CT molecular complexity index is 898. The van der Waals surface area contributed by atoms with Crippen molar-refractivity contribution in [3.05, 3.63) is 77.1 Å². The van der Waals surface area contributed by atoms with Crippen LogP contribution in [0.5, 0.6) is 0 Å². The van der Waals surface area contributed by atoms with Crippen molar-refractivity contribution in [2.45, 2.75) is 6.61 Å². The van der Waals surface area contributed by atoms with E-state index in [2.05, 4.69) is 15.3 Å². The average molecular weight is 354 g/mol. The van der Waals surface area contributed by atoms with Crippen LogP contribution in [0, 0.1) is 0 Å². The number of hydrogen-bond donors (Lipinski definition) is 1. The number of aromatic nitrogens is 2. The number of alkyl carbamates (subject to hydrolysis) is 1. The van der Waals surface area contributed by atoms with Gasteiger partial charge in [0.1, 0.15) is 11.8 Å². The highest BCUT2D eigenvalue weighted by Crippen LogP contribution is 2.15. The molecule has 126 valence electrons. The summed E-state index contributed by atoms with van der Waals surface area (Å²) in [5.74, 6) is 0. The van der Waals surface area contributed by atoms with Crippen LogP contribution in [0.4, 0.5) is 4.79 Å². The Balaban J connectivity index is 1.49. The highest BCUT2D eigenvalue weighted by molar-refractivity contribution is 6.29. The third-order valence-electron chi connectivity index (χ3n) is 3.42. The molecule has 0 aliphatic carbocycles. The fourth-order valence-corrected chi connectivity index (χ4v) is 2.36. The van der Waals surface area contributed by atoms with E-state index in [1.54, 1.807) is 0 Å². The van der Waals surface area contributed by atoms with Crippen molar-refractivity contribution in [1.29, 1.82) is 0 Å². The summed E-state index contributed by atoms with van der Waals surface area (Å²) in [7, 11) is 0. The van der Waals surface area contributed by atoms with E-state index < -0.39 is 6.09 Å². The van der Waals surface area contributed by atoms with E-state index in [0.29, 0.717) is 11.7 Å². The second-order valence-electron chi connectivity index (χ2n) is 5.29. The van der Waals surface area contributed by atoms with Crippen molar-refractivity contribution in [2.75, 3.05) is 6.54 Å². The van der Waals surface area contributed by atoms with Gasteiger partial charge in [-0.1, -0.05) is 60.2 Å². The largest absolute Gasteiger partial charge is 0.445 e. The predicted octanol–water partition coefficient (Wildman–Crippen LogP) is 4.22. The van der Waals surface area contributed by atoms with Gasteiger partial charge in [0.05, 0.1) is 17.2 Å². The summed E-state index contributed by atoms with van der Waals surface area (Å²) >= 11 is 5.85. The molecule has 0 fully saturated rings. The number of nitrogens with one attached hydrogen (secondary N) is 1. The summed E-state index contributed by atoms with van der Waals surface area (Å²) in [6, 6.07) is 15.2. The van der Waals surface area contributed by atoms with E-state index in [-0.39, 0.29) is 6.61 Å². The number of fused-ring (bicyclic) bond motifs is 1. The highest BCUT2D eigenvalue weighted by Gasteiger charge is 2.01. The molecule has 0 radical (unpaired) electrons. The standard InChI is InChI=1S/C19H16ClN3O2/c20-18-12-22-16-9-8-14(11-17(16)23-18)7-4-10-21-19(24)25-13-15-5-2-1-3-6-15/h1-9,11-12H,10,13H2,(H,21,24). The van der Waals surface area contributed by atoms with E-state index in [1.807, 2.05) is 60.7 Å². The Morgan fingerprint density at radius 3 is 2.84 bits per heavy atom. The molecule has 3 rings (SSSR count). The molecule has 0 bridgehead atoms. The molecule has 1 aromatic heterocycles. The molecule has 5 nitrogen and oxygen atoms in total. The third kappa shape index (κ3) is 5.02. The first kappa shape index (κ1) is 16.9. The second-order valence-corrected chi connectivity index (χ2v) is 5.67. The van der Waals surface area contributed by atoms with E-state index in [0.717, 1.165) is 22.2 Å². The van der Waals surface area contributed by atoms with Crippen LogP contribution < -0.4 is 5.32 Å². The molecule has 1 N–H and O–H groups in total. The van der Waals surface area contributed by atoms with Gasteiger partial charge >= 0.3 is 6.09 Å². The number of carbonyl (C=O) groups is 1. The number of nitrogens with zero attached hydrogens (tertiary/aromatic N) is 2. The molecule has 0 aliphatic rings. The smallest absolute Gasteiger partial charge is 0.407 e. The first-order chi connectivity index (χ1) is 12.2. The van der Waals surface area contributed by atoms with Crippen LogP contribution in [0.3, 0.4) is 0 Å². The fourth-order valence-electron chi connectivity index (χ4n) is 2.22. The molecule has 0 aliphatic heterocycles. The van der Waals surface area contributed by atoms with Gasteiger partial charge < -0.3 is 10.1 Å². The predicted molar refractivity (Wildman–Crippen MR) is 98.2 cm³/mol. The topological polar surface area (TPSA) is 64.1 Å². The maximum Gasteiger partial charge on any atom is 0.407 e. The van der Waals surface area contributed by atoms with Gasteiger partial charge in [-0.15, -0.1) is 0 Å². The first-order valence-corrected chi connectivity index (χ1v) is 8.12. The van der Waals surface area contributed by atoms with E-state index in [9.17, 15) is 4.79 Å². The van der Waals surface area contributed by atoms with Crippen LogP contribution in [-0.2, 0) is 11.3 Å². The Labute approximate surface area is 150 Å². The molecule has 1 heterocycles. The zero-order chi connectivity index (χ0) is 17.5. The van der Waals surface area contributed by atoms with Crippen molar-refractivity contribution in [3.8, 4) is 0 Å². The van der Waals surface area contributed by atoms with Gasteiger partial charge in [-0.2, -0.15) is 0 Å². The van der Waals surface area contributed by atoms with Gasteiger partial charge in [0.25, 0.3) is 0 Å². The maximum atomic E-state index is 11.6. The maximum absolute atomic E-state index is 11.6. The normalized spacial score (nSPS) is 10.9. The first-order valence-electron chi connectivity index (χ1n) is 7.74. The zero-order valence-electron chi connectivity index (χ0n) is 13.4. The van der Waals surface area contributed by atoms with Crippen LogP contribution in [-0.4, -0.2) is 22.6 Å². The van der Waals surface area contributed by atoms with Crippen LogP contribution in [0.2, 0.25) is 5.15 Å². The summed E-state index contributed by atoms with van der Waals surface area (Å²) in [4.78, 5) is 20.1. The van der Waals surface area contributed by atoms with Gasteiger partial charge in [-0.3, -0.25) is 4.98 Å². The van der Waals surface area contributed by atoms with Crippen LogP contribution in [0.1, 0.15) is 11.1 Å². The lowest BCUT2D eigenvalue weighted by Crippen LogP contribution is -2.24. The number of amides is 1. The summed E-state index contributed by atoms with van der Waals surface area (Å²) in [5.41, 5.74) is 3.40. The van der Waals surface area contributed by atoms with Crippen molar-refractivity contribution in [2.24, 2.45) is 0 Å². The van der Waals surface area contributed by atoms with Crippen LogP contribution in [0.25, 0.3) is 17.1 Å². The third-order valence-corrected chi connectivity index (χ3v) is 3.61. The number of ether oxygens (including phenoxy) is 1. The summed E-state index contributed by atoms with van der Waals surface area (Å²) in [6.45, 7) is 0.618. The number of halogens is 1. The second kappa shape index (κ2) is 8.26. The van der Waals surface area contributed by atoms with Crippen LogP contribution >= 0.6 is 11.6 Å². The van der Waals surface area contributed by atoms with Gasteiger partial charge in [0.15, 0.2) is 0 Å². The summed E-state index contributed by atoms with van der Waals surface area (Å²) in [6.07, 6.45) is 4.79. The molecule has 0 unspecified atom stereocenters. The number of hydrogen-bond acceptors (Lipinski definition) is 4. The van der Waals surface area contributed by atoms with Gasteiger partial charge in [0, 0.05) is 6.54 Å². The van der Waals surface area contributed by atoms with Crippen molar-refractivity contribution in [3.63, 3.8) is 0 Å². The molecule has 2 aromatic carbocycles. The van der Waals surface area contributed by atoms with Gasteiger partial charge in [0.2, 0.25) is 0 Å². The minimum Gasteiger partial charge on any atom is -0.445 e. The number of rotatable bonds is 5. The zero-order valence-corrected chi connectivity index (χ0v) is 14.1.